The number of guanidine groups is 2. The summed E-state index contributed by atoms with van der Waals surface area (Å²) in [6, 6.07) is -5.23. The highest BCUT2D eigenvalue weighted by Gasteiger charge is 2.41. The molecule has 2 aromatic heterocycles. The van der Waals surface area contributed by atoms with Crippen molar-refractivity contribution >= 4 is 82.0 Å². The number of rotatable bonds is 18. The van der Waals surface area contributed by atoms with E-state index in [2.05, 4.69) is 67.8 Å². The highest BCUT2D eigenvalue weighted by molar-refractivity contribution is 6.00. The Kier molecular flexibility index (Phi) is 22.0. The number of carboxylic acids is 1. The van der Waals surface area contributed by atoms with Crippen LogP contribution >= 0.6 is 0 Å². The van der Waals surface area contributed by atoms with Crippen LogP contribution < -0.4 is 70.8 Å². The first kappa shape index (κ1) is 63.4. The monoisotopic (exact) mass is 1160 g/mol. The molecule has 11 atom stereocenters. The fraction of sp³-hybridized carbons (Fsp3) is 0.574. The van der Waals surface area contributed by atoms with E-state index < -0.39 is 126 Å². The number of nitrogens with zero attached hydrogens (tertiary/aromatic N) is 4. The Morgan fingerprint density at radius 3 is 2.01 bits per heavy atom. The van der Waals surface area contributed by atoms with Gasteiger partial charge in [-0.25, -0.2) is 9.78 Å². The maximum atomic E-state index is 15.1. The molecule has 11 unspecified atom stereocenters. The van der Waals surface area contributed by atoms with Crippen molar-refractivity contribution in [3.63, 3.8) is 0 Å². The number of H-pyrrole nitrogens is 1. The van der Waals surface area contributed by atoms with Gasteiger partial charge in [0.05, 0.1) is 12.2 Å². The molecule has 7 rings (SSSR count). The molecule has 452 valence electrons. The zero-order valence-corrected chi connectivity index (χ0v) is 47.6. The average molecular weight is 1160 g/mol. The first-order valence-corrected chi connectivity index (χ1v) is 28.1. The molecule has 9 amide bonds. The van der Waals surface area contributed by atoms with E-state index in [0.717, 1.165) is 0 Å². The first-order chi connectivity index (χ1) is 39.4. The molecule has 6 heterocycles. The van der Waals surface area contributed by atoms with E-state index in [4.69, 9.17) is 22.9 Å². The standard InChI is InChI=1S/C54H80N18O11/c1-7-26(5)41-49(79)68-37-21-31-30-14-13-28(40(25(3)4)43(71-46(76)33-15-16-38(73)63-33)51(81)70-42(27(6)8-2)50(80)69-41)19-35(30)65-44(31)72-23-29(62-24-72)20-36(47(77)67-34(52(82)83)12-10-18-60-54(57)58)64-39(74)22-61-45(75)32(66-48(37)78)11-9-17-59-53(55)56/h13-14,19,23-27,32-34,36-37,40-43,65H,7-12,15-18,20-22H2,1-6H3,(H,61,75)(H,63,73)(H,64,74)(H,66,78)(H,67,77)(H,68,79)(H,69,80)(H,70,81)(H,71,76)(H,82,83)(H4,55,56,59)(H4,57,58,60). The van der Waals surface area contributed by atoms with Crippen molar-refractivity contribution in [3.05, 3.63) is 47.5 Å². The van der Waals surface area contributed by atoms with Crippen LogP contribution in [0.4, 0.5) is 0 Å². The molecule has 29 nitrogen and oxygen atoms in total. The number of amides is 9. The van der Waals surface area contributed by atoms with E-state index in [9.17, 15) is 43.5 Å². The van der Waals surface area contributed by atoms with Crippen molar-refractivity contribution < 1.29 is 53.1 Å². The fourth-order valence-electron chi connectivity index (χ4n) is 10.4. The Hall–Kier alpha value is -8.79. The SMILES string of the molecule is CCC(C)C1NC(=O)C(C(C)CC)NC(=O)C(NC(=O)C2CCC(=O)N2)C(C(C)C)c2ccc3c4c([nH]c3c2)-n2cnc(c2)CC(C(=O)NC(CCCN=C(N)N)C(=O)O)NC(=O)CNC(=O)C(CCCN=C(N)N)NC(=O)C(C4)NC1=O. The largest absolute Gasteiger partial charge is 0.480 e. The van der Waals surface area contributed by atoms with Crippen LogP contribution in [0.2, 0.25) is 0 Å². The number of nitrogens with two attached hydrogens (primary N) is 4. The molecule has 3 aromatic rings. The molecule has 4 aliphatic rings. The summed E-state index contributed by atoms with van der Waals surface area (Å²) in [5.74, 6) is -10.2. The van der Waals surface area contributed by atoms with Gasteiger partial charge < -0.3 is 80.9 Å². The van der Waals surface area contributed by atoms with Gasteiger partial charge in [0, 0.05) is 60.9 Å². The van der Waals surface area contributed by atoms with Gasteiger partial charge in [-0.3, -0.25) is 57.7 Å². The lowest BCUT2D eigenvalue weighted by Crippen LogP contribution is -2.62. The van der Waals surface area contributed by atoms with Gasteiger partial charge in [-0.05, 0) is 61.5 Å². The maximum absolute atomic E-state index is 15.1. The van der Waals surface area contributed by atoms with Crippen molar-refractivity contribution in [1.29, 1.82) is 0 Å². The van der Waals surface area contributed by atoms with Crippen molar-refractivity contribution in [3.8, 4) is 5.82 Å². The van der Waals surface area contributed by atoms with Crippen LogP contribution in [0, 0.1) is 17.8 Å². The maximum Gasteiger partial charge on any atom is 0.326 e. The molecule has 7 bridgehead atoms. The van der Waals surface area contributed by atoms with Crippen LogP contribution in [0.15, 0.2) is 40.7 Å². The zero-order valence-electron chi connectivity index (χ0n) is 47.6. The van der Waals surface area contributed by atoms with Gasteiger partial charge >= 0.3 is 5.97 Å². The van der Waals surface area contributed by atoms with Crippen LogP contribution in [0.1, 0.15) is 116 Å². The minimum atomic E-state index is -1.49. The molecule has 0 spiro atoms. The lowest BCUT2D eigenvalue weighted by Gasteiger charge is -2.34. The van der Waals surface area contributed by atoms with Gasteiger partial charge in [0.1, 0.15) is 60.5 Å². The summed E-state index contributed by atoms with van der Waals surface area (Å²) >= 11 is 0. The molecule has 1 aromatic carbocycles. The summed E-state index contributed by atoms with van der Waals surface area (Å²) in [5, 5.41) is 35.2. The van der Waals surface area contributed by atoms with Crippen molar-refractivity contribution in [2.45, 2.75) is 160 Å². The average Bonchev–Trinajstić information content (AvgIpc) is 4.19. The fourth-order valence-corrected chi connectivity index (χ4v) is 10.4. The number of imidazole rings is 1. The highest BCUT2D eigenvalue weighted by Crippen LogP contribution is 2.35. The number of aromatic nitrogens is 3. The van der Waals surface area contributed by atoms with Crippen LogP contribution in [-0.4, -0.2) is 159 Å². The molecule has 0 radical (unpaired) electrons. The van der Waals surface area contributed by atoms with Gasteiger partial charge in [0.15, 0.2) is 11.9 Å². The predicted molar refractivity (Wildman–Crippen MR) is 304 cm³/mol. The smallest absolute Gasteiger partial charge is 0.326 e. The Morgan fingerprint density at radius 2 is 1.40 bits per heavy atom. The Morgan fingerprint density at radius 1 is 0.759 bits per heavy atom. The molecule has 29 heteroatoms. The minimum absolute atomic E-state index is 0.0381. The van der Waals surface area contributed by atoms with E-state index >= 15 is 9.59 Å². The third-order valence-corrected chi connectivity index (χ3v) is 15.4. The van der Waals surface area contributed by atoms with Crippen molar-refractivity contribution in [1.82, 2.24) is 62.4 Å². The summed E-state index contributed by atoms with van der Waals surface area (Å²) in [6.07, 6.45) is 3.61. The molecule has 1 fully saturated rings. The Bertz CT molecular complexity index is 2960. The number of aromatic amines is 1. The topological polar surface area (TPSA) is 462 Å². The van der Waals surface area contributed by atoms with Gasteiger partial charge in [0.25, 0.3) is 0 Å². The lowest BCUT2D eigenvalue weighted by molar-refractivity contribution is -0.142. The number of hydrogen-bond acceptors (Lipinski definition) is 13. The van der Waals surface area contributed by atoms with E-state index in [1.54, 1.807) is 42.8 Å². The molecule has 0 aliphatic carbocycles. The first-order valence-electron chi connectivity index (χ1n) is 28.1. The number of aliphatic imine (C=N–C) groups is 2. The zero-order chi connectivity index (χ0) is 60.8. The number of benzene rings is 1. The van der Waals surface area contributed by atoms with E-state index in [1.807, 2.05) is 27.7 Å². The third-order valence-electron chi connectivity index (χ3n) is 15.4. The molecular formula is C54H80N18O11. The summed E-state index contributed by atoms with van der Waals surface area (Å²) in [5.41, 5.74) is 23.7. The van der Waals surface area contributed by atoms with Gasteiger partial charge in [-0.15, -0.1) is 0 Å². The lowest BCUT2D eigenvalue weighted by atomic mass is 9.81. The van der Waals surface area contributed by atoms with Crippen molar-refractivity contribution in [2.24, 2.45) is 50.7 Å². The summed E-state index contributed by atoms with van der Waals surface area (Å²) in [4.78, 5) is 157. The quantitative estimate of drug-likeness (QED) is 0.0266. The Balaban J connectivity index is 1.56. The predicted octanol–water partition coefficient (Wildman–Crippen LogP) is -2.72. The number of hydrogen-bond donors (Lipinski definition) is 15. The van der Waals surface area contributed by atoms with Crippen LogP contribution in [0.5, 0.6) is 0 Å². The number of aliphatic carboxylic acids is 1. The molecular weight excluding hydrogens is 1080 g/mol. The molecule has 4 aliphatic heterocycles. The summed E-state index contributed by atoms with van der Waals surface area (Å²) < 4.78 is 1.57. The molecule has 83 heavy (non-hydrogen) atoms. The molecule has 0 saturated carbocycles. The number of carbonyl (C=O) groups is 10. The van der Waals surface area contributed by atoms with Crippen LogP contribution in [0.3, 0.4) is 0 Å². The number of carbonyl (C=O) groups excluding carboxylic acids is 9. The van der Waals surface area contributed by atoms with Gasteiger partial charge in [0.2, 0.25) is 53.2 Å². The molecule has 19 N–H and O–H groups in total. The van der Waals surface area contributed by atoms with Crippen LogP contribution in [-0.2, 0) is 60.8 Å². The van der Waals surface area contributed by atoms with E-state index in [1.165, 1.54) is 6.33 Å². The third kappa shape index (κ3) is 16.7. The Labute approximate surface area is 479 Å². The van der Waals surface area contributed by atoms with E-state index in [-0.39, 0.29) is 93.9 Å². The highest BCUT2D eigenvalue weighted by atomic mass is 16.4. The second-order valence-corrected chi connectivity index (χ2v) is 21.9. The van der Waals surface area contributed by atoms with Crippen LogP contribution in [0.25, 0.3) is 16.7 Å². The van der Waals surface area contributed by atoms with Crippen molar-refractivity contribution in [2.75, 3.05) is 19.6 Å². The van der Waals surface area contributed by atoms with E-state index in [0.29, 0.717) is 40.7 Å². The number of carboxylic acid groups (broad SMARTS) is 1. The molecule has 1 saturated heterocycles. The van der Waals surface area contributed by atoms with Gasteiger partial charge in [-0.1, -0.05) is 66.5 Å². The van der Waals surface area contributed by atoms with Gasteiger partial charge in [-0.2, -0.15) is 0 Å². The second kappa shape index (κ2) is 28.8. The number of nitrogens with one attached hydrogen (secondary N) is 10. The minimum Gasteiger partial charge on any atom is -0.480 e. The second-order valence-electron chi connectivity index (χ2n) is 21.9. The summed E-state index contributed by atoms with van der Waals surface area (Å²) in [7, 11) is 0. The normalized spacial score (nSPS) is 23.9. The number of fused-ring (bicyclic) bond motifs is 13. The summed E-state index contributed by atoms with van der Waals surface area (Å²) in [6.45, 7) is 10.3.